The Bertz CT molecular complexity index is 574. The van der Waals surface area contributed by atoms with Gasteiger partial charge in [0.15, 0.2) is 0 Å². The summed E-state index contributed by atoms with van der Waals surface area (Å²) in [7, 11) is 0. The highest BCUT2D eigenvalue weighted by Gasteiger charge is 2.12. The molecule has 20 heavy (non-hydrogen) atoms. The molecule has 2 aromatic carbocycles. The van der Waals surface area contributed by atoms with Crippen molar-refractivity contribution in [1.82, 2.24) is 5.32 Å². The summed E-state index contributed by atoms with van der Waals surface area (Å²) in [6, 6.07) is 15.3. The van der Waals surface area contributed by atoms with Crippen LogP contribution in [0, 0.1) is 13.8 Å². The first-order valence-corrected chi connectivity index (χ1v) is 7.44. The van der Waals surface area contributed by atoms with Crippen LogP contribution in [0.5, 0.6) is 0 Å². The molecular formula is C18H22ClN. The van der Waals surface area contributed by atoms with E-state index in [0.29, 0.717) is 12.1 Å². The van der Waals surface area contributed by atoms with E-state index in [4.69, 9.17) is 11.6 Å². The van der Waals surface area contributed by atoms with Crippen LogP contribution in [0.25, 0.3) is 0 Å². The first-order valence-electron chi connectivity index (χ1n) is 7.06. The monoisotopic (exact) mass is 287 g/mol. The zero-order chi connectivity index (χ0) is 14.7. The van der Waals surface area contributed by atoms with Crippen molar-refractivity contribution < 1.29 is 0 Å². The van der Waals surface area contributed by atoms with Crippen LogP contribution in [-0.2, 0) is 0 Å². The molecular weight excluding hydrogens is 266 g/mol. The van der Waals surface area contributed by atoms with Crippen molar-refractivity contribution in [2.75, 3.05) is 0 Å². The first kappa shape index (κ1) is 15.1. The summed E-state index contributed by atoms with van der Waals surface area (Å²) in [5, 5.41) is 4.43. The lowest BCUT2D eigenvalue weighted by atomic mass is 9.99. The highest BCUT2D eigenvalue weighted by molar-refractivity contribution is 6.30. The molecule has 2 atom stereocenters. The minimum atomic E-state index is 0.294. The summed E-state index contributed by atoms with van der Waals surface area (Å²) < 4.78 is 0. The predicted molar refractivity (Wildman–Crippen MR) is 87.3 cm³/mol. The molecule has 0 amide bonds. The third-order valence-corrected chi connectivity index (χ3v) is 4.01. The Morgan fingerprint density at radius 1 is 0.900 bits per heavy atom. The van der Waals surface area contributed by atoms with Crippen LogP contribution in [-0.4, -0.2) is 0 Å². The molecule has 0 aromatic heterocycles. The number of rotatable bonds is 4. The number of benzene rings is 2. The van der Waals surface area contributed by atoms with Gasteiger partial charge < -0.3 is 5.32 Å². The zero-order valence-electron chi connectivity index (χ0n) is 12.6. The fourth-order valence-electron chi connectivity index (χ4n) is 2.62. The lowest BCUT2D eigenvalue weighted by Gasteiger charge is -2.22. The third kappa shape index (κ3) is 3.62. The van der Waals surface area contributed by atoms with Gasteiger partial charge in [-0.15, -0.1) is 0 Å². The molecule has 0 bridgehead atoms. The van der Waals surface area contributed by atoms with Crippen LogP contribution in [0.1, 0.15) is 48.2 Å². The van der Waals surface area contributed by atoms with Gasteiger partial charge in [0.1, 0.15) is 0 Å². The SMILES string of the molecule is Cc1ccc(C(C)N[C@H](C)c2ccc(Cl)cc2)c(C)c1. The van der Waals surface area contributed by atoms with Crippen molar-refractivity contribution >= 4 is 11.6 Å². The van der Waals surface area contributed by atoms with Gasteiger partial charge in [-0.2, -0.15) is 0 Å². The van der Waals surface area contributed by atoms with E-state index in [1.54, 1.807) is 0 Å². The van der Waals surface area contributed by atoms with Gasteiger partial charge in [-0.25, -0.2) is 0 Å². The Balaban J connectivity index is 2.10. The Hall–Kier alpha value is -1.31. The summed E-state index contributed by atoms with van der Waals surface area (Å²) in [6.07, 6.45) is 0. The van der Waals surface area contributed by atoms with E-state index in [-0.39, 0.29) is 0 Å². The van der Waals surface area contributed by atoms with E-state index in [0.717, 1.165) is 5.02 Å². The molecule has 1 unspecified atom stereocenters. The predicted octanol–water partition coefficient (Wildman–Crippen LogP) is 5.37. The average Bonchev–Trinajstić information content (AvgIpc) is 2.39. The maximum absolute atomic E-state index is 5.93. The topological polar surface area (TPSA) is 12.0 Å². The molecule has 0 aliphatic rings. The van der Waals surface area contributed by atoms with Crippen molar-refractivity contribution in [2.45, 2.75) is 39.8 Å². The standard InChI is InChI=1S/C18H22ClN/c1-12-5-10-18(13(2)11-12)15(4)20-14(3)16-6-8-17(19)9-7-16/h5-11,14-15,20H,1-4H3/t14-,15?/m1/s1. The van der Waals surface area contributed by atoms with E-state index < -0.39 is 0 Å². The van der Waals surface area contributed by atoms with Gasteiger partial charge in [-0.1, -0.05) is 47.5 Å². The molecule has 2 rings (SSSR count). The van der Waals surface area contributed by atoms with Crippen molar-refractivity contribution in [2.24, 2.45) is 0 Å². The van der Waals surface area contributed by atoms with Crippen LogP contribution >= 0.6 is 11.6 Å². The Labute approximate surface area is 127 Å². The normalized spacial score (nSPS) is 14.1. The molecule has 106 valence electrons. The second-order valence-corrected chi connectivity index (χ2v) is 5.96. The number of nitrogens with one attached hydrogen (secondary N) is 1. The average molecular weight is 288 g/mol. The number of hydrogen-bond donors (Lipinski definition) is 1. The second kappa shape index (κ2) is 6.43. The van der Waals surface area contributed by atoms with Crippen LogP contribution in [0.15, 0.2) is 42.5 Å². The molecule has 0 aliphatic carbocycles. The molecule has 0 spiro atoms. The van der Waals surface area contributed by atoms with Gasteiger partial charge >= 0.3 is 0 Å². The highest BCUT2D eigenvalue weighted by atomic mass is 35.5. The Morgan fingerprint density at radius 3 is 2.15 bits per heavy atom. The summed E-state index contributed by atoms with van der Waals surface area (Å²) >= 11 is 5.93. The minimum Gasteiger partial charge on any atom is -0.304 e. The van der Waals surface area contributed by atoms with Crippen molar-refractivity contribution in [1.29, 1.82) is 0 Å². The van der Waals surface area contributed by atoms with E-state index in [2.05, 4.69) is 63.3 Å². The quantitative estimate of drug-likeness (QED) is 0.797. The van der Waals surface area contributed by atoms with Gasteiger partial charge in [-0.3, -0.25) is 0 Å². The number of aryl methyl sites for hydroxylation is 2. The molecule has 0 radical (unpaired) electrons. The van der Waals surface area contributed by atoms with Crippen LogP contribution in [0.4, 0.5) is 0 Å². The smallest absolute Gasteiger partial charge is 0.0406 e. The van der Waals surface area contributed by atoms with Gasteiger partial charge in [-0.05, 0) is 56.5 Å². The second-order valence-electron chi connectivity index (χ2n) is 5.52. The molecule has 1 N–H and O–H groups in total. The summed E-state index contributed by atoms with van der Waals surface area (Å²) in [5.41, 5.74) is 5.26. The van der Waals surface area contributed by atoms with Crippen LogP contribution in [0.2, 0.25) is 5.02 Å². The fourth-order valence-corrected chi connectivity index (χ4v) is 2.75. The summed E-state index contributed by atoms with van der Waals surface area (Å²) in [5.74, 6) is 0. The van der Waals surface area contributed by atoms with Gasteiger partial charge in [0, 0.05) is 17.1 Å². The maximum Gasteiger partial charge on any atom is 0.0406 e. The molecule has 1 nitrogen and oxygen atoms in total. The molecule has 0 fully saturated rings. The van der Waals surface area contributed by atoms with E-state index in [1.165, 1.54) is 22.3 Å². The lowest BCUT2D eigenvalue weighted by Crippen LogP contribution is -2.23. The fraction of sp³-hybridized carbons (Fsp3) is 0.333. The lowest BCUT2D eigenvalue weighted by molar-refractivity contribution is 0.493. The van der Waals surface area contributed by atoms with Gasteiger partial charge in [0.05, 0.1) is 0 Å². The molecule has 2 aromatic rings. The molecule has 2 heteroatoms. The van der Waals surface area contributed by atoms with Crippen LogP contribution in [0.3, 0.4) is 0 Å². The number of halogens is 1. The molecule has 0 heterocycles. The van der Waals surface area contributed by atoms with Gasteiger partial charge in [0.25, 0.3) is 0 Å². The van der Waals surface area contributed by atoms with Crippen LogP contribution < -0.4 is 5.32 Å². The highest BCUT2D eigenvalue weighted by Crippen LogP contribution is 2.23. The van der Waals surface area contributed by atoms with E-state index in [9.17, 15) is 0 Å². The first-order chi connectivity index (χ1) is 9.47. The van der Waals surface area contributed by atoms with Crippen molar-refractivity contribution in [3.05, 3.63) is 69.7 Å². The van der Waals surface area contributed by atoms with Gasteiger partial charge in [0.2, 0.25) is 0 Å². The van der Waals surface area contributed by atoms with E-state index >= 15 is 0 Å². The Morgan fingerprint density at radius 2 is 1.55 bits per heavy atom. The largest absolute Gasteiger partial charge is 0.304 e. The van der Waals surface area contributed by atoms with Crippen molar-refractivity contribution in [3.63, 3.8) is 0 Å². The molecule has 0 saturated carbocycles. The van der Waals surface area contributed by atoms with Crippen molar-refractivity contribution in [3.8, 4) is 0 Å². The number of hydrogen-bond acceptors (Lipinski definition) is 1. The summed E-state index contributed by atoms with van der Waals surface area (Å²) in [4.78, 5) is 0. The summed E-state index contributed by atoms with van der Waals surface area (Å²) in [6.45, 7) is 8.70. The Kier molecular flexibility index (Phi) is 4.85. The molecule has 0 saturated heterocycles. The van der Waals surface area contributed by atoms with E-state index in [1.807, 2.05) is 12.1 Å². The molecule has 0 aliphatic heterocycles. The maximum atomic E-state index is 5.93. The zero-order valence-corrected chi connectivity index (χ0v) is 13.3. The third-order valence-electron chi connectivity index (χ3n) is 3.76. The minimum absolute atomic E-state index is 0.294.